The number of halogens is 2. The van der Waals surface area contributed by atoms with Gasteiger partial charge in [-0.3, -0.25) is 9.59 Å². The molecule has 2 N–H and O–H groups in total. The lowest BCUT2D eigenvalue weighted by molar-refractivity contribution is -0.116. The molecule has 0 aliphatic carbocycles. The normalized spacial score (nSPS) is 15.7. The summed E-state index contributed by atoms with van der Waals surface area (Å²) in [5.41, 5.74) is 3.07. The van der Waals surface area contributed by atoms with Gasteiger partial charge in [0.2, 0.25) is 5.91 Å². The van der Waals surface area contributed by atoms with Crippen molar-refractivity contribution in [3.63, 3.8) is 0 Å². The van der Waals surface area contributed by atoms with Crippen LogP contribution in [0, 0.1) is 12.7 Å². The summed E-state index contributed by atoms with van der Waals surface area (Å²) in [7, 11) is 0. The molecule has 5 nitrogen and oxygen atoms in total. The van der Waals surface area contributed by atoms with Gasteiger partial charge in [0.1, 0.15) is 11.6 Å². The number of H-pyrrole nitrogens is 1. The fourth-order valence-corrected chi connectivity index (χ4v) is 4.48. The van der Waals surface area contributed by atoms with Gasteiger partial charge in [0.05, 0.1) is 10.0 Å². The molecular formula is C21H17BrFN3O2S. The van der Waals surface area contributed by atoms with E-state index in [4.69, 9.17) is 0 Å². The van der Waals surface area contributed by atoms with Crippen molar-refractivity contribution in [3.8, 4) is 0 Å². The number of nitrogens with zero attached hydrogens (tertiary/aromatic N) is 1. The molecule has 2 heterocycles. The molecule has 0 saturated heterocycles. The first-order valence-corrected chi connectivity index (χ1v) is 10.8. The number of anilines is 1. The second kappa shape index (κ2) is 8.12. The number of amides is 1. The zero-order valence-corrected chi connectivity index (χ0v) is 17.9. The monoisotopic (exact) mass is 473 g/mol. The number of rotatable bonds is 4. The molecule has 0 fully saturated rings. The molecule has 8 heteroatoms. The predicted octanol–water partition coefficient (Wildman–Crippen LogP) is 4.75. The van der Waals surface area contributed by atoms with E-state index in [2.05, 4.69) is 31.2 Å². The number of aromatic nitrogens is 2. The molecule has 1 atom stereocenters. The number of carbonyl (C=O) groups is 1. The Kier molecular flexibility index (Phi) is 5.56. The van der Waals surface area contributed by atoms with Crippen molar-refractivity contribution in [1.82, 2.24) is 9.97 Å². The summed E-state index contributed by atoms with van der Waals surface area (Å²) >= 11 is 4.56. The Morgan fingerprint density at radius 1 is 1.21 bits per heavy atom. The Hall–Kier alpha value is -2.45. The van der Waals surface area contributed by atoms with Gasteiger partial charge in [-0.05, 0) is 46.1 Å². The summed E-state index contributed by atoms with van der Waals surface area (Å²) < 4.78 is 13.9. The maximum Gasteiger partial charge on any atom is 0.257 e. The van der Waals surface area contributed by atoms with Gasteiger partial charge in [-0.15, -0.1) is 0 Å². The number of fused-ring (bicyclic) bond motifs is 1. The van der Waals surface area contributed by atoms with Gasteiger partial charge < -0.3 is 10.3 Å². The van der Waals surface area contributed by atoms with Crippen LogP contribution in [0.3, 0.4) is 0 Å². The van der Waals surface area contributed by atoms with Gasteiger partial charge >= 0.3 is 0 Å². The summed E-state index contributed by atoms with van der Waals surface area (Å²) in [6.45, 7) is 2.03. The van der Waals surface area contributed by atoms with Crippen LogP contribution >= 0.6 is 27.7 Å². The standard InChI is InChI=1S/C21H17BrFN3O2S/c1-11-2-4-12(5-3-11)10-29-21-25-19-18(20(28)26-21)14(9-17(27)24-19)13-6-7-16(23)15(22)8-13/h2-8,14H,9-10H2,1H3,(H2,24,25,26,27,28)/t14-/m1/s1. The van der Waals surface area contributed by atoms with E-state index in [1.54, 1.807) is 12.1 Å². The predicted molar refractivity (Wildman–Crippen MR) is 115 cm³/mol. The van der Waals surface area contributed by atoms with E-state index in [1.165, 1.54) is 23.4 Å². The molecule has 1 aliphatic rings. The molecule has 0 unspecified atom stereocenters. The number of hydrogen-bond acceptors (Lipinski definition) is 4. The van der Waals surface area contributed by atoms with Crippen LogP contribution in [0.15, 0.2) is 56.9 Å². The molecule has 1 amide bonds. The van der Waals surface area contributed by atoms with Crippen molar-refractivity contribution in [1.29, 1.82) is 0 Å². The van der Waals surface area contributed by atoms with E-state index < -0.39 is 11.7 Å². The summed E-state index contributed by atoms with van der Waals surface area (Å²) in [5.74, 6) is -0.200. The lowest BCUT2D eigenvalue weighted by Crippen LogP contribution is -2.31. The molecule has 148 valence electrons. The van der Waals surface area contributed by atoms with Gasteiger partial charge in [-0.25, -0.2) is 9.37 Å². The average Bonchev–Trinajstić information content (AvgIpc) is 2.68. The number of benzene rings is 2. The van der Waals surface area contributed by atoms with Crippen LogP contribution in [0.5, 0.6) is 0 Å². The van der Waals surface area contributed by atoms with Gasteiger partial charge in [-0.2, -0.15) is 0 Å². The van der Waals surface area contributed by atoms with E-state index in [9.17, 15) is 14.0 Å². The minimum Gasteiger partial charge on any atom is -0.310 e. The molecular weight excluding hydrogens is 457 g/mol. The summed E-state index contributed by atoms with van der Waals surface area (Å²) in [4.78, 5) is 32.4. The smallest absolute Gasteiger partial charge is 0.257 e. The Labute approximate surface area is 179 Å². The highest BCUT2D eigenvalue weighted by Gasteiger charge is 2.31. The van der Waals surface area contributed by atoms with Crippen molar-refractivity contribution in [2.24, 2.45) is 0 Å². The molecule has 0 saturated carbocycles. The highest BCUT2D eigenvalue weighted by molar-refractivity contribution is 9.10. The van der Waals surface area contributed by atoms with E-state index in [0.717, 1.165) is 5.56 Å². The van der Waals surface area contributed by atoms with Crippen molar-refractivity contribution in [2.75, 3.05) is 5.32 Å². The third kappa shape index (κ3) is 4.28. The first kappa shape index (κ1) is 19.8. The highest BCUT2D eigenvalue weighted by Crippen LogP contribution is 2.36. The van der Waals surface area contributed by atoms with Crippen LogP contribution in [0.2, 0.25) is 0 Å². The lowest BCUT2D eigenvalue weighted by Gasteiger charge is -2.24. The van der Waals surface area contributed by atoms with Gasteiger partial charge in [0, 0.05) is 18.1 Å². The second-order valence-corrected chi connectivity index (χ2v) is 8.70. The van der Waals surface area contributed by atoms with Crippen LogP contribution in [0.1, 0.15) is 34.6 Å². The third-order valence-electron chi connectivity index (χ3n) is 4.77. The molecule has 2 aromatic carbocycles. The highest BCUT2D eigenvalue weighted by atomic mass is 79.9. The molecule has 4 rings (SSSR count). The Balaban J connectivity index is 1.65. The SMILES string of the molecule is Cc1ccc(CSc2nc3c(c(=O)[nH]2)[C@@H](c2ccc(F)c(Br)c2)CC(=O)N3)cc1. The first-order chi connectivity index (χ1) is 13.9. The Bertz CT molecular complexity index is 1150. The van der Waals surface area contributed by atoms with E-state index >= 15 is 0 Å². The van der Waals surface area contributed by atoms with Gasteiger partial charge in [0.15, 0.2) is 5.16 Å². The average molecular weight is 474 g/mol. The fourth-order valence-electron chi connectivity index (χ4n) is 3.27. The van der Waals surface area contributed by atoms with Gasteiger partial charge in [-0.1, -0.05) is 47.7 Å². The van der Waals surface area contributed by atoms with Crippen molar-refractivity contribution in [3.05, 3.63) is 85.4 Å². The quantitative estimate of drug-likeness (QED) is 0.423. The summed E-state index contributed by atoms with van der Waals surface area (Å²) in [5, 5.41) is 3.14. The summed E-state index contributed by atoms with van der Waals surface area (Å²) in [6, 6.07) is 12.6. The zero-order valence-electron chi connectivity index (χ0n) is 15.5. The second-order valence-electron chi connectivity index (χ2n) is 6.89. The Morgan fingerprint density at radius 3 is 2.69 bits per heavy atom. The molecule has 0 radical (unpaired) electrons. The number of carbonyl (C=O) groups excluding carboxylic acids is 1. The molecule has 1 aliphatic heterocycles. The number of aromatic amines is 1. The van der Waals surface area contributed by atoms with Crippen molar-refractivity contribution >= 4 is 39.4 Å². The number of thioether (sulfide) groups is 1. The number of aryl methyl sites for hydroxylation is 1. The maximum absolute atomic E-state index is 13.6. The maximum atomic E-state index is 13.6. The largest absolute Gasteiger partial charge is 0.310 e. The molecule has 0 spiro atoms. The molecule has 3 aromatic rings. The van der Waals surface area contributed by atoms with Gasteiger partial charge in [0.25, 0.3) is 5.56 Å². The van der Waals surface area contributed by atoms with Crippen LogP contribution in [0.25, 0.3) is 0 Å². The minimum atomic E-state index is -0.483. The fraction of sp³-hybridized carbons (Fsp3) is 0.190. The van der Waals surface area contributed by atoms with E-state index in [-0.39, 0.29) is 28.2 Å². The van der Waals surface area contributed by atoms with Crippen molar-refractivity contribution in [2.45, 2.75) is 30.2 Å². The van der Waals surface area contributed by atoms with E-state index in [1.807, 2.05) is 31.2 Å². The molecule has 29 heavy (non-hydrogen) atoms. The van der Waals surface area contributed by atoms with E-state index in [0.29, 0.717) is 22.0 Å². The van der Waals surface area contributed by atoms with Crippen LogP contribution in [0.4, 0.5) is 10.2 Å². The first-order valence-electron chi connectivity index (χ1n) is 8.98. The van der Waals surface area contributed by atoms with Crippen LogP contribution in [-0.4, -0.2) is 15.9 Å². The number of hydrogen-bond donors (Lipinski definition) is 2. The topological polar surface area (TPSA) is 74.8 Å². The lowest BCUT2D eigenvalue weighted by atomic mass is 9.87. The van der Waals surface area contributed by atoms with Crippen LogP contribution < -0.4 is 10.9 Å². The molecule has 0 bridgehead atoms. The van der Waals surface area contributed by atoms with Crippen molar-refractivity contribution < 1.29 is 9.18 Å². The molecule has 1 aromatic heterocycles. The summed E-state index contributed by atoms with van der Waals surface area (Å²) in [6.07, 6.45) is 0.103. The zero-order chi connectivity index (χ0) is 20.5. The number of nitrogens with one attached hydrogen (secondary N) is 2. The third-order valence-corrected chi connectivity index (χ3v) is 6.32. The minimum absolute atomic E-state index is 0.103. The van der Waals surface area contributed by atoms with Crippen LogP contribution in [-0.2, 0) is 10.5 Å². The Morgan fingerprint density at radius 2 is 1.97 bits per heavy atom.